The summed E-state index contributed by atoms with van der Waals surface area (Å²) in [6.07, 6.45) is 0.207. The number of benzene rings is 3. The Bertz CT molecular complexity index is 1290. The van der Waals surface area contributed by atoms with E-state index >= 15 is 0 Å². The summed E-state index contributed by atoms with van der Waals surface area (Å²) in [5, 5.41) is 14.9. The molecule has 35 heavy (non-hydrogen) atoms. The first-order chi connectivity index (χ1) is 16.9. The molecule has 1 aromatic heterocycles. The van der Waals surface area contributed by atoms with Gasteiger partial charge >= 0.3 is 5.97 Å². The van der Waals surface area contributed by atoms with Crippen molar-refractivity contribution < 1.29 is 19.1 Å². The van der Waals surface area contributed by atoms with Gasteiger partial charge in [0.25, 0.3) is 5.91 Å². The predicted octanol–water partition coefficient (Wildman–Crippen LogP) is 5.01. The molecule has 1 heterocycles. The van der Waals surface area contributed by atoms with Gasteiger partial charge in [-0.15, -0.1) is 11.3 Å². The molecule has 0 aliphatic carbocycles. The molecule has 0 aliphatic heterocycles. The SMILES string of the molecule is CN(Cc1ccc(C(=O)NC(Cc2ccccc2)C(=O)O)cc1)c1nc(-c2ccc(F)cc2)cs1. The number of aromatic nitrogens is 1. The van der Waals surface area contributed by atoms with Crippen LogP contribution in [0.25, 0.3) is 11.3 Å². The molecule has 0 saturated carbocycles. The van der Waals surface area contributed by atoms with Crippen molar-refractivity contribution in [1.29, 1.82) is 0 Å². The minimum absolute atomic E-state index is 0.207. The van der Waals surface area contributed by atoms with Crippen LogP contribution in [0.5, 0.6) is 0 Å². The van der Waals surface area contributed by atoms with Crippen LogP contribution in [-0.2, 0) is 17.8 Å². The summed E-state index contributed by atoms with van der Waals surface area (Å²) in [4.78, 5) is 30.9. The van der Waals surface area contributed by atoms with Gasteiger partial charge in [-0.05, 0) is 47.5 Å². The number of rotatable bonds is 9. The minimum Gasteiger partial charge on any atom is -0.480 e. The summed E-state index contributed by atoms with van der Waals surface area (Å²) in [7, 11) is 1.93. The Morgan fingerprint density at radius 1 is 1.00 bits per heavy atom. The van der Waals surface area contributed by atoms with E-state index in [1.807, 2.05) is 59.8 Å². The Hall–Kier alpha value is -4.04. The highest BCUT2D eigenvalue weighted by atomic mass is 32.1. The lowest BCUT2D eigenvalue weighted by Gasteiger charge is -2.17. The first-order valence-electron chi connectivity index (χ1n) is 11.0. The summed E-state index contributed by atoms with van der Waals surface area (Å²) >= 11 is 1.50. The summed E-state index contributed by atoms with van der Waals surface area (Å²) in [5.41, 5.74) is 3.84. The topological polar surface area (TPSA) is 82.5 Å². The quantitative estimate of drug-likeness (QED) is 0.345. The van der Waals surface area contributed by atoms with Crippen molar-refractivity contribution in [2.45, 2.75) is 19.0 Å². The third-order valence-electron chi connectivity index (χ3n) is 5.48. The van der Waals surface area contributed by atoms with Crippen molar-refractivity contribution in [3.8, 4) is 11.3 Å². The van der Waals surface area contributed by atoms with Crippen LogP contribution in [-0.4, -0.2) is 35.1 Å². The number of carbonyl (C=O) groups is 2. The van der Waals surface area contributed by atoms with Crippen LogP contribution in [0, 0.1) is 5.82 Å². The Morgan fingerprint density at radius 2 is 1.69 bits per heavy atom. The number of hydrogen-bond donors (Lipinski definition) is 2. The smallest absolute Gasteiger partial charge is 0.326 e. The largest absolute Gasteiger partial charge is 0.480 e. The Morgan fingerprint density at radius 3 is 2.34 bits per heavy atom. The van der Waals surface area contributed by atoms with Crippen LogP contribution in [0.2, 0.25) is 0 Å². The molecule has 1 atom stereocenters. The van der Waals surface area contributed by atoms with Gasteiger partial charge < -0.3 is 15.3 Å². The molecule has 0 saturated heterocycles. The maximum Gasteiger partial charge on any atom is 0.326 e. The standard InChI is InChI=1S/C27H24FN3O3S/c1-31(27-30-24(17-35-27)20-11-13-22(28)14-12-20)16-19-7-9-21(10-8-19)25(32)29-23(26(33)34)15-18-5-3-2-4-6-18/h2-14,17,23H,15-16H2,1H3,(H,29,32)(H,33,34). The zero-order valence-electron chi connectivity index (χ0n) is 19.0. The summed E-state index contributed by atoms with van der Waals surface area (Å²) < 4.78 is 13.2. The first kappa shape index (κ1) is 24.1. The van der Waals surface area contributed by atoms with E-state index in [4.69, 9.17) is 0 Å². The van der Waals surface area contributed by atoms with Crippen molar-refractivity contribution in [2.24, 2.45) is 0 Å². The average molecular weight is 490 g/mol. The fraction of sp³-hybridized carbons (Fsp3) is 0.148. The number of halogens is 1. The number of carboxylic acids is 1. The molecular weight excluding hydrogens is 465 g/mol. The molecule has 178 valence electrons. The molecule has 6 nitrogen and oxygen atoms in total. The normalized spacial score (nSPS) is 11.6. The van der Waals surface area contributed by atoms with Gasteiger partial charge in [-0.25, -0.2) is 14.2 Å². The molecule has 0 spiro atoms. The molecule has 4 rings (SSSR count). The number of nitrogens with one attached hydrogen (secondary N) is 1. The van der Waals surface area contributed by atoms with Gasteiger partial charge in [0.1, 0.15) is 11.9 Å². The van der Waals surface area contributed by atoms with Gasteiger partial charge in [0.05, 0.1) is 5.69 Å². The first-order valence-corrected chi connectivity index (χ1v) is 11.9. The van der Waals surface area contributed by atoms with Crippen molar-refractivity contribution in [3.63, 3.8) is 0 Å². The van der Waals surface area contributed by atoms with Gasteiger partial charge in [0.15, 0.2) is 5.13 Å². The van der Waals surface area contributed by atoms with E-state index in [9.17, 15) is 19.1 Å². The van der Waals surface area contributed by atoms with Gasteiger partial charge in [0, 0.05) is 36.5 Å². The highest BCUT2D eigenvalue weighted by Crippen LogP contribution is 2.27. The average Bonchev–Trinajstić information content (AvgIpc) is 3.36. The van der Waals surface area contributed by atoms with Crippen LogP contribution >= 0.6 is 11.3 Å². The maximum absolute atomic E-state index is 13.2. The molecule has 8 heteroatoms. The number of carboxylic acid groups (broad SMARTS) is 1. The van der Waals surface area contributed by atoms with Crippen molar-refractivity contribution >= 4 is 28.3 Å². The number of amides is 1. The fourth-order valence-electron chi connectivity index (χ4n) is 3.59. The number of hydrogen-bond acceptors (Lipinski definition) is 5. The number of anilines is 1. The highest BCUT2D eigenvalue weighted by molar-refractivity contribution is 7.14. The molecule has 0 aliphatic rings. The molecule has 1 amide bonds. The predicted molar refractivity (Wildman–Crippen MR) is 135 cm³/mol. The monoisotopic (exact) mass is 489 g/mol. The van der Waals surface area contributed by atoms with E-state index < -0.39 is 17.9 Å². The number of aliphatic carboxylic acids is 1. The molecule has 4 aromatic rings. The zero-order chi connectivity index (χ0) is 24.8. The number of nitrogens with zero attached hydrogens (tertiary/aromatic N) is 2. The third-order valence-corrected chi connectivity index (χ3v) is 6.44. The Labute approximate surface area is 206 Å². The fourth-order valence-corrected chi connectivity index (χ4v) is 4.39. The van der Waals surface area contributed by atoms with E-state index in [1.165, 1.54) is 23.5 Å². The summed E-state index contributed by atoms with van der Waals surface area (Å²) in [5.74, 6) is -1.80. The van der Waals surface area contributed by atoms with E-state index in [0.29, 0.717) is 12.1 Å². The highest BCUT2D eigenvalue weighted by Gasteiger charge is 2.21. The van der Waals surface area contributed by atoms with E-state index in [-0.39, 0.29) is 12.2 Å². The number of thiazole rings is 1. The molecule has 2 N–H and O–H groups in total. The van der Waals surface area contributed by atoms with Crippen LogP contribution in [0.15, 0.2) is 84.2 Å². The van der Waals surface area contributed by atoms with Crippen molar-refractivity contribution in [1.82, 2.24) is 10.3 Å². The molecule has 0 fully saturated rings. The lowest BCUT2D eigenvalue weighted by atomic mass is 10.1. The third kappa shape index (κ3) is 6.30. The van der Waals surface area contributed by atoms with Crippen LogP contribution < -0.4 is 10.2 Å². The second-order valence-electron chi connectivity index (χ2n) is 8.13. The van der Waals surface area contributed by atoms with Crippen LogP contribution in [0.4, 0.5) is 9.52 Å². The van der Waals surface area contributed by atoms with E-state index in [2.05, 4.69) is 10.3 Å². The van der Waals surface area contributed by atoms with Crippen molar-refractivity contribution in [3.05, 3.63) is 107 Å². The maximum atomic E-state index is 13.2. The Kier molecular flexibility index (Phi) is 7.52. The lowest BCUT2D eigenvalue weighted by molar-refractivity contribution is -0.139. The summed E-state index contributed by atoms with van der Waals surface area (Å²) in [6.45, 7) is 0.573. The van der Waals surface area contributed by atoms with Gasteiger partial charge in [0.2, 0.25) is 0 Å². The van der Waals surface area contributed by atoms with Crippen LogP contribution in [0.1, 0.15) is 21.5 Å². The Balaban J connectivity index is 1.37. The molecule has 0 bridgehead atoms. The van der Waals surface area contributed by atoms with Gasteiger partial charge in [-0.3, -0.25) is 4.79 Å². The molecular formula is C27H24FN3O3S. The molecule has 0 radical (unpaired) electrons. The lowest BCUT2D eigenvalue weighted by Crippen LogP contribution is -2.42. The summed E-state index contributed by atoms with van der Waals surface area (Å²) in [6, 6.07) is 21.5. The molecule has 1 unspecified atom stereocenters. The van der Waals surface area contributed by atoms with E-state index in [1.54, 1.807) is 24.3 Å². The zero-order valence-corrected chi connectivity index (χ0v) is 19.8. The molecule has 3 aromatic carbocycles. The van der Waals surface area contributed by atoms with Gasteiger partial charge in [-0.2, -0.15) is 0 Å². The van der Waals surface area contributed by atoms with Crippen molar-refractivity contribution in [2.75, 3.05) is 11.9 Å². The second kappa shape index (κ2) is 10.9. The van der Waals surface area contributed by atoms with Crippen LogP contribution in [0.3, 0.4) is 0 Å². The van der Waals surface area contributed by atoms with E-state index in [0.717, 1.165) is 27.5 Å². The number of carbonyl (C=O) groups excluding carboxylic acids is 1. The second-order valence-corrected chi connectivity index (χ2v) is 8.97. The minimum atomic E-state index is -1.08. The van der Waals surface area contributed by atoms with Gasteiger partial charge in [-0.1, -0.05) is 42.5 Å².